The molecule has 0 aromatic heterocycles. The number of carbonyl (C=O) groups is 9. The predicted molar refractivity (Wildman–Crippen MR) is 509 cm³/mol. The number of carboxylic acids is 3. The number of aromatic carboxylic acids is 3. The number of esters is 6. The van der Waals surface area contributed by atoms with E-state index in [0.29, 0.717) is 73.9 Å². The summed E-state index contributed by atoms with van der Waals surface area (Å²) in [4.78, 5) is 160. The standard InChI is InChI=1S/C13H13NO5.C13H15NO3.2C11H11NO4.2C11H13NO2.C10H9NO5.C8H7NO4.C7H5NO5.K.H2O/c1-3-7-18-12-9-10(14(16)17)5-6-11(12)13(15)19-8-4-2;1-3-7-16-12-9-10(14)5-6-11(12)13(15)17-8-4-2;2*1-3-6-16-11(13)9-4-5-10(12(14)15)8(2)7-9;2*1-3-6-14-11(13)9-4-5-10(12)8(2)7-9;1-2-5-16-9-6-7(11(14)15)3-4-8(9)10(12)13;1-5-4-6(8(10)11)2-3-7(5)9(12)13;9-6-3-4(8(12)13)1-2-5(6)7(10)11;;/h3-6,9H,1-2,7-8H2;3-6,9H,1-2,7-8,14H2;2*3-5,7H,1,6H2,2H3;2*3-5,7H,1,6,12H2,2H3;2-4,6H,1,5H2,(H,12,13);2-4H,1H3,(H,10,11);1-3,9H,(H,10,11);;1H2/q;;;;;;;;;+1;/p-1. The van der Waals surface area contributed by atoms with Crippen molar-refractivity contribution in [1.82, 2.24) is 0 Å². The fourth-order valence-electron chi connectivity index (χ4n) is 9.79. The Balaban J connectivity index is 0. The molecule has 11 N–H and O–H groups in total. The minimum atomic E-state index is -1.33. The molecule has 9 rings (SSSR count). The molecule has 0 saturated heterocycles. The molecular weight excluding hydrogens is 1870 g/mol. The number of nitrogens with two attached hydrogens (primary N) is 3. The van der Waals surface area contributed by atoms with Crippen LogP contribution >= 0.6 is 0 Å². The molecule has 0 aliphatic heterocycles. The number of nitrogens with zero attached hydrogens (tertiary/aromatic N) is 6. The molecule has 44 nitrogen and oxygen atoms in total. The van der Waals surface area contributed by atoms with Crippen LogP contribution in [0.5, 0.6) is 23.0 Å². The van der Waals surface area contributed by atoms with Crippen LogP contribution in [0.25, 0.3) is 0 Å². The molecule has 45 heteroatoms. The second kappa shape index (κ2) is 66.8. The van der Waals surface area contributed by atoms with Gasteiger partial charge in [-0.3, -0.25) is 60.7 Å². The Kier molecular flexibility index (Phi) is 59.4. The Bertz CT molecular complexity index is 5770. The summed E-state index contributed by atoms with van der Waals surface area (Å²) in [5, 5.41) is 97.7. The summed E-state index contributed by atoms with van der Waals surface area (Å²) in [5.74, 6) is -6.63. The van der Waals surface area contributed by atoms with Gasteiger partial charge in [0.05, 0.1) is 75.6 Å². The first kappa shape index (κ1) is 125. The number of non-ortho nitro benzene ring substituents is 3. The van der Waals surface area contributed by atoms with Gasteiger partial charge in [-0.25, -0.2) is 43.2 Å². The van der Waals surface area contributed by atoms with Gasteiger partial charge in [-0.2, -0.15) is 0 Å². The van der Waals surface area contributed by atoms with Gasteiger partial charge in [0, 0.05) is 76.2 Å². The first-order valence-corrected chi connectivity index (χ1v) is 39.3. The average molecular weight is 1960 g/mol. The third-order valence-electron chi connectivity index (χ3n) is 16.4. The van der Waals surface area contributed by atoms with Crippen LogP contribution in [0.3, 0.4) is 0 Å². The molecule has 734 valence electrons. The topological polar surface area (TPSA) is 685 Å². The monoisotopic (exact) mass is 1960 g/mol. The Morgan fingerprint density at radius 3 is 0.800 bits per heavy atom. The van der Waals surface area contributed by atoms with Crippen molar-refractivity contribution in [1.29, 1.82) is 0 Å². The number of phenols is 1. The average Bonchev–Trinajstić information content (AvgIpc) is 0.822. The summed E-state index contributed by atoms with van der Waals surface area (Å²) < 4.78 is 44.8. The molecule has 0 atom stereocenters. The van der Waals surface area contributed by atoms with E-state index < -0.39 is 77.1 Å². The van der Waals surface area contributed by atoms with Gasteiger partial charge in [-0.15, -0.1) is 0 Å². The van der Waals surface area contributed by atoms with Gasteiger partial charge in [0.2, 0.25) is 0 Å². The second-order valence-corrected chi connectivity index (χ2v) is 26.5. The van der Waals surface area contributed by atoms with Crippen LogP contribution in [0, 0.1) is 95.3 Å². The van der Waals surface area contributed by atoms with E-state index in [2.05, 4.69) is 59.2 Å². The molecule has 0 unspecified atom stereocenters. The number of nitro groups is 6. The molecule has 0 radical (unpaired) electrons. The van der Waals surface area contributed by atoms with Gasteiger partial charge >= 0.3 is 105 Å². The van der Waals surface area contributed by atoms with Crippen molar-refractivity contribution in [3.63, 3.8) is 0 Å². The maximum absolute atomic E-state index is 11.7. The molecule has 0 spiro atoms. The summed E-state index contributed by atoms with van der Waals surface area (Å²) in [6, 6.07) is 36.5. The number of aromatic hydroxyl groups is 1. The summed E-state index contributed by atoms with van der Waals surface area (Å²) >= 11 is 0. The SMILES string of the molecule is C=CCOC(=O)c1ccc(N)c(C)c1.C=CCOC(=O)c1ccc(N)c(C)c1.C=CCOC(=O)c1ccc(N)cc1OCC=C.C=CCOC(=O)c1ccc([N+](=O)[O-])c(C)c1.C=CCOC(=O)c1ccc([N+](=O)[O-])c(C)c1.C=CCOC(=O)c1ccc([N+](=O)[O-])cc1OCC=C.C=CCOc1cc([N+](=O)[O-])ccc1C(=O)O.Cc1cc(C(=O)O)ccc1[N+](=O)[O-].O=C(O)c1ccc([N+](=O)[O-])cc1O.[K+].[OH-]. The quantitative estimate of drug-likeness (QED) is 0.00365. The van der Waals surface area contributed by atoms with Gasteiger partial charge in [0.15, 0.2) is 0 Å². The fraction of sp³-hybridized carbons (Fsp3) is 0.147. The van der Waals surface area contributed by atoms with Crippen LogP contribution in [0.1, 0.15) is 121 Å². The Hall–Kier alpha value is -17.5. The van der Waals surface area contributed by atoms with Crippen molar-refractivity contribution < 1.29 is 193 Å². The van der Waals surface area contributed by atoms with Gasteiger partial charge in [0.1, 0.15) is 105 Å². The summed E-state index contributed by atoms with van der Waals surface area (Å²) in [6.45, 7) is 40.8. The van der Waals surface area contributed by atoms with Crippen LogP contribution in [0.2, 0.25) is 0 Å². The third kappa shape index (κ3) is 45.0. The summed E-state index contributed by atoms with van der Waals surface area (Å²) in [5.41, 5.74) is 22.5. The molecule has 0 heterocycles. The van der Waals surface area contributed by atoms with E-state index >= 15 is 0 Å². The van der Waals surface area contributed by atoms with E-state index in [1.54, 1.807) is 74.5 Å². The number of carboxylic acid groups (broad SMARTS) is 3. The number of aryl methyl sites for hydroxylation is 5. The summed E-state index contributed by atoms with van der Waals surface area (Å²) in [7, 11) is 0. The Morgan fingerprint density at radius 1 is 0.293 bits per heavy atom. The fourth-order valence-corrected chi connectivity index (χ4v) is 9.79. The number of hydrogen-bond acceptors (Lipinski definition) is 35. The smallest absolute Gasteiger partial charge is 0.870 e. The largest absolute Gasteiger partial charge is 1.00 e. The number of carbonyl (C=O) groups excluding carboxylic acids is 6. The van der Waals surface area contributed by atoms with Gasteiger partial charge in [-0.1, -0.05) is 114 Å². The number of benzene rings is 9. The van der Waals surface area contributed by atoms with Crippen LogP contribution in [-0.4, -0.2) is 169 Å². The number of nitrogen functional groups attached to an aromatic ring is 3. The van der Waals surface area contributed by atoms with E-state index in [1.165, 1.54) is 128 Å². The molecule has 140 heavy (non-hydrogen) atoms. The number of nitro benzene ring substituents is 6. The minimum absolute atomic E-state index is 0. The normalized spacial score (nSPS) is 9.38. The molecule has 9 aromatic rings. The minimum Gasteiger partial charge on any atom is -0.870 e. The Labute approximate surface area is 842 Å². The van der Waals surface area contributed by atoms with Crippen LogP contribution in [-0.2, 0) is 28.4 Å². The molecule has 0 aliphatic carbocycles. The zero-order valence-electron chi connectivity index (χ0n) is 76.4. The maximum atomic E-state index is 11.7. The molecule has 0 saturated carbocycles. The Morgan fingerprint density at radius 2 is 0.536 bits per heavy atom. The number of rotatable bonds is 36. The number of ether oxygens (including phenoxy) is 9. The van der Waals surface area contributed by atoms with Crippen molar-refractivity contribution >= 4 is 105 Å². The first-order chi connectivity index (χ1) is 65.3. The molecule has 9 aromatic carbocycles. The number of anilines is 3. The molecule has 0 fully saturated rings. The van der Waals surface area contributed by atoms with Crippen LogP contribution in [0.15, 0.2) is 278 Å². The van der Waals surface area contributed by atoms with Crippen molar-refractivity contribution in [2.45, 2.75) is 34.6 Å². The maximum Gasteiger partial charge on any atom is 1.00 e. The van der Waals surface area contributed by atoms with E-state index in [4.69, 9.17) is 80.3 Å². The van der Waals surface area contributed by atoms with E-state index in [-0.39, 0.29) is 190 Å². The van der Waals surface area contributed by atoms with Gasteiger partial charge in [-0.05, 0) is 149 Å². The van der Waals surface area contributed by atoms with Crippen LogP contribution < -0.4 is 82.8 Å². The zero-order valence-corrected chi connectivity index (χ0v) is 79.5. The van der Waals surface area contributed by atoms with Gasteiger partial charge < -0.3 is 85.7 Å². The molecule has 0 bridgehead atoms. The van der Waals surface area contributed by atoms with Crippen LogP contribution in [0.4, 0.5) is 51.2 Å². The second-order valence-electron chi connectivity index (χ2n) is 26.5. The first-order valence-electron chi connectivity index (χ1n) is 39.3. The third-order valence-corrected chi connectivity index (χ3v) is 16.4. The van der Waals surface area contributed by atoms with Crippen molar-refractivity contribution in [3.05, 3.63) is 416 Å². The molecular formula is C95H98KN9O35. The van der Waals surface area contributed by atoms with E-state index in [1.807, 2.05) is 13.8 Å². The zero-order chi connectivity index (χ0) is 104. The molecule has 0 amide bonds. The van der Waals surface area contributed by atoms with E-state index in [9.17, 15) is 104 Å². The van der Waals surface area contributed by atoms with Gasteiger partial charge in [0.25, 0.3) is 34.1 Å². The molecule has 0 aliphatic rings. The van der Waals surface area contributed by atoms with Crippen molar-refractivity contribution in [2.24, 2.45) is 0 Å². The number of hydrogen-bond donors (Lipinski definition) is 7. The summed E-state index contributed by atoms with van der Waals surface area (Å²) in [6.07, 6.45) is 13.4. The van der Waals surface area contributed by atoms with E-state index in [0.717, 1.165) is 47.5 Å². The van der Waals surface area contributed by atoms with Crippen molar-refractivity contribution in [3.8, 4) is 23.0 Å². The predicted octanol–water partition coefficient (Wildman–Crippen LogP) is 14.3. The van der Waals surface area contributed by atoms with Crippen molar-refractivity contribution in [2.75, 3.05) is 76.7 Å².